The van der Waals surface area contributed by atoms with Gasteiger partial charge >= 0.3 is 11.9 Å². The second-order valence-corrected chi connectivity index (χ2v) is 7.88. The van der Waals surface area contributed by atoms with Crippen LogP contribution in [0.15, 0.2) is 51.9 Å². The number of aromatic amines is 1. The number of halogens is 3. The van der Waals surface area contributed by atoms with Crippen LogP contribution in [-0.2, 0) is 6.42 Å². The lowest BCUT2D eigenvalue weighted by molar-refractivity contribution is -0.145. The number of hydrogen-bond donors (Lipinski definition) is 3. The number of aromatic nitrogens is 2. The fourth-order valence-electron chi connectivity index (χ4n) is 4.17. The highest BCUT2D eigenvalue weighted by Gasteiger charge is 2.40. The van der Waals surface area contributed by atoms with Crippen molar-refractivity contribution in [2.75, 3.05) is 25.0 Å². The maximum atomic E-state index is 13.4. The van der Waals surface area contributed by atoms with Crippen LogP contribution < -0.4 is 16.4 Å². The highest BCUT2D eigenvalue weighted by molar-refractivity contribution is 5.79. The van der Waals surface area contributed by atoms with Crippen molar-refractivity contribution in [2.45, 2.75) is 24.7 Å². The molecular formula is C21H20F3N5O2. The Morgan fingerprint density at radius 1 is 1.26 bits per heavy atom. The lowest BCUT2D eigenvalue weighted by Crippen LogP contribution is -2.51. The van der Waals surface area contributed by atoms with E-state index >= 15 is 0 Å². The summed E-state index contributed by atoms with van der Waals surface area (Å²) >= 11 is 0. The quantitative estimate of drug-likeness (QED) is 0.589. The molecule has 1 fully saturated rings. The Hall–Kier alpha value is -3.27. The van der Waals surface area contributed by atoms with Crippen LogP contribution >= 0.6 is 0 Å². The summed E-state index contributed by atoms with van der Waals surface area (Å²) < 4.78 is 45.5. The molecule has 7 nitrogen and oxygen atoms in total. The maximum absolute atomic E-state index is 13.4. The van der Waals surface area contributed by atoms with Crippen molar-refractivity contribution in [3.8, 4) is 0 Å². The van der Waals surface area contributed by atoms with E-state index in [1.165, 1.54) is 4.90 Å². The maximum Gasteiger partial charge on any atom is 0.417 e. The van der Waals surface area contributed by atoms with Crippen LogP contribution in [0.1, 0.15) is 22.9 Å². The van der Waals surface area contributed by atoms with E-state index in [1.54, 1.807) is 24.4 Å². The fraction of sp³-hybridized carbons (Fsp3) is 0.333. The standard InChI is InChI=1S/C21H20F3N5O2/c1-11-6-15-14(3-5-17-19(15)31-20(30)28-17)18(29(11)10-21(22,23)24)16-4-2-12(9-26-16)27-13-7-25-8-13/h2-5,9,13,18,25,27H,1,6-8,10H2,(H,28,30)/t18-/m0/s1. The van der Waals surface area contributed by atoms with E-state index in [9.17, 15) is 18.0 Å². The highest BCUT2D eigenvalue weighted by atomic mass is 19.4. The van der Waals surface area contributed by atoms with Gasteiger partial charge in [-0.05, 0) is 23.8 Å². The molecule has 3 N–H and O–H groups in total. The van der Waals surface area contributed by atoms with Gasteiger partial charge in [-0.15, -0.1) is 0 Å². The average Bonchev–Trinajstić information content (AvgIpc) is 3.06. The molecule has 5 rings (SSSR count). The Bertz CT molecular complexity index is 1190. The normalized spacial score (nSPS) is 19.4. The van der Waals surface area contributed by atoms with Crippen LogP contribution in [0.4, 0.5) is 18.9 Å². The molecule has 3 aromatic rings. The Labute approximate surface area is 175 Å². The molecule has 0 spiro atoms. The molecule has 0 radical (unpaired) electrons. The van der Waals surface area contributed by atoms with Crippen molar-refractivity contribution in [3.05, 3.63) is 70.1 Å². The van der Waals surface area contributed by atoms with Gasteiger partial charge in [0.15, 0.2) is 5.58 Å². The largest absolute Gasteiger partial charge is 0.417 e. The predicted molar refractivity (Wildman–Crippen MR) is 109 cm³/mol. The van der Waals surface area contributed by atoms with E-state index in [1.807, 2.05) is 6.07 Å². The molecule has 0 amide bonds. The van der Waals surface area contributed by atoms with Gasteiger partial charge in [0, 0.05) is 30.8 Å². The summed E-state index contributed by atoms with van der Waals surface area (Å²) in [6.45, 7) is 4.45. The molecule has 2 aliphatic heterocycles. The fourth-order valence-corrected chi connectivity index (χ4v) is 4.17. The Morgan fingerprint density at radius 2 is 2.06 bits per heavy atom. The molecule has 31 heavy (non-hydrogen) atoms. The number of alkyl halides is 3. The number of hydrogen-bond acceptors (Lipinski definition) is 6. The Kier molecular flexibility index (Phi) is 4.54. The zero-order chi connectivity index (χ0) is 21.8. The molecule has 1 saturated heterocycles. The number of allylic oxidation sites excluding steroid dienone is 1. The molecule has 0 saturated carbocycles. The lowest BCUT2D eigenvalue weighted by atomic mass is 9.88. The number of fused-ring (bicyclic) bond motifs is 3. The molecule has 10 heteroatoms. The summed E-state index contributed by atoms with van der Waals surface area (Å²) in [7, 11) is 0. The minimum Gasteiger partial charge on any atom is -0.408 e. The summed E-state index contributed by atoms with van der Waals surface area (Å²) in [5.41, 5.74) is 3.66. The van der Waals surface area contributed by atoms with Crippen molar-refractivity contribution in [1.29, 1.82) is 0 Å². The molecule has 0 unspecified atom stereocenters. The summed E-state index contributed by atoms with van der Waals surface area (Å²) in [5.74, 6) is -0.609. The average molecular weight is 431 g/mol. The number of H-pyrrole nitrogens is 1. The number of rotatable bonds is 4. The van der Waals surface area contributed by atoms with Gasteiger partial charge < -0.3 is 20.0 Å². The van der Waals surface area contributed by atoms with Crippen LogP contribution in [0.3, 0.4) is 0 Å². The summed E-state index contributed by atoms with van der Waals surface area (Å²) in [5, 5.41) is 6.49. The van der Waals surface area contributed by atoms with Crippen LogP contribution in [0, 0.1) is 0 Å². The Morgan fingerprint density at radius 3 is 2.71 bits per heavy atom. The van der Waals surface area contributed by atoms with Crippen molar-refractivity contribution >= 4 is 16.8 Å². The van der Waals surface area contributed by atoms with Gasteiger partial charge in [-0.3, -0.25) is 9.97 Å². The topological polar surface area (TPSA) is 86.2 Å². The number of anilines is 1. The minimum atomic E-state index is -4.41. The number of pyridine rings is 1. The minimum absolute atomic E-state index is 0.147. The third-order valence-electron chi connectivity index (χ3n) is 5.69. The molecule has 162 valence electrons. The predicted octanol–water partition coefficient (Wildman–Crippen LogP) is 2.92. The monoisotopic (exact) mass is 431 g/mol. The van der Waals surface area contributed by atoms with Crippen LogP contribution in [0.25, 0.3) is 11.1 Å². The van der Waals surface area contributed by atoms with Crippen molar-refractivity contribution in [3.63, 3.8) is 0 Å². The smallest absolute Gasteiger partial charge is 0.408 e. The van der Waals surface area contributed by atoms with Gasteiger partial charge in [0.2, 0.25) is 0 Å². The van der Waals surface area contributed by atoms with E-state index < -0.39 is 24.5 Å². The number of oxazole rings is 1. The zero-order valence-corrected chi connectivity index (χ0v) is 16.4. The Balaban J connectivity index is 1.59. The summed E-state index contributed by atoms with van der Waals surface area (Å²) in [6.07, 6.45) is -2.64. The van der Waals surface area contributed by atoms with Crippen LogP contribution in [0.5, 0.6) is 0 Å². The molecule has 0 bridgehead atoms. The van der Waals surface area contributed by atoms with Crippen molar-refractivity contribution in [2.24, 2.45) is 0 Å². The van der Waals surface area contributed by atoms with Gasteiger partial charge in [-0.2, -0.15) is 13.2 Å². The van der Waals surface area contributed by atoms with Crippen molar-refractivity contribution < 1.29 is 17.6 Å². The third-order valence-corrected chi connectivity index (χ3v) is 5.69. The second-order valence-electron chi connectivity index (χ2n) is 7.88. The molecule has 1 aromatic carbocycles. The van der Waals surface area contributed by atoms with Crippen molar-refractivity contribution in [1.82, 2.24) is 20.2 Å². The third kappa shape index (κ3) is 3.67. The molecule has 2 aromatic heterocycles. The summed E-state index contributed by atoms with van der Waals surface area (Å²) in [4.78, 5) is 20.0. The first-order valence-corrected chi connectivity index (χ1v) is 9.87. The van der Waals surface area contributed by atoms with Crippen LogP contribution in [-0.4, -0.2) is 46.7 Å². The summed E-state index contributed by atoms with van der Waals surface area (Å²) in [6, 6.07) is 6.42. The van der Waals surface area contributed by atoms with Gasteiger partial charge in [0.1, 0.15) is 6.54 Å². The number of nitrogens with zero attached hydrogens (tertiary/aromatic N) is 2. The van der Waals surface area contributed by atoms with E-state index in [0.717, 1.165) is 18.8 Å². The SMILES string of the molecule is C=C1Cc2c(ccc3[nH]c(=O)oc23)[C@@H](c2ccc(NC3CNC3)cn2)N1CC(F)(F)F. The second kappa shape index (κ2) is 7.16. The highest BCUT2D eigenvalue weighted by Crippen LogP contribution is 2.42. The first kappa shape index (κ1) is 19.7. The van der Waals surface area contributed by atoms with Crippen LogP contribution in [0.2, 0.25) is 0 Å². The first-order chi connectivity index (χ1) is 14.8. The zero-order valence-electron chi connectivity index (χ0n) is 16.4. The van der Waals surface area contributed by atoms with E-state index in [4.69, 9.17) is 4.42 Å². The van der Waals surface area contributed by atoms with Gasteiger partial charge in [-0.1, -0.05) is 12.6 Å². The lowest BCUT2D eigenvalue weighted by Gasteiger charge is -2.40. The van der Waals surface area contributed by atoms with Gasteiger partial charge in [-0.25, -0.2) is 4.79 Å². The number of benzene rings is 1. The van der Waals surface area contributed by atoms with Gasteiger partial charge in [0.05, 0.1) is 35.2 Å². The molecular weight excluding hydrogens is 411 g/mol. The molecule has 0 aliphatic carbocycles. The molecule has 2 aliphatic rings. The van der Waals surface area contributed by atoms with E-state index in [2.05, 4.69) is 27.2 Å². The number of nitrogens with one attached hydrogen (secondary N) is 3. The van der Waals surface area contributed by atoms with E-state index in [-0.39, 0.29) is 12.1 Å². The van der Waals surface area contributed by atoms with E-state index in [0.29, 0.717) is 34.0 Å². The van der Waals surface area contributed by atoms with Gasteiger partial charge in [0.25, 0.3) is 0 Å². The molecule has 1 atom stereocenters. The first-order valence-electron chi connectivity index (χ1n) is 9.87. The molecule has 4 heterocycles.